The quantitative estimate of drug-likeness (QED) is 0.820. The zero-order valence-electron chi connectivity index (χ0n) is 10.8. The maximum absolute atomic E-state index is 11.9. The van der Waals surface area contributed by atoms with Gasteiger partial charge in [0.05, 0.1) is 25.5 Å². The highest BCUT2D eigenvalue weighted by Crippen LogP contribution is 2.25. The number of amides is 1. The van der Waals surface area contributed by atoms with E-state index in [-0.39, 0.29) is 12.3 Å². The van der Waals surface area contributed by atoms with Gasteiger partial charge in [0.25, 0.3) is 5.91 Å². The minimum Gasteiger partial charge on any atom is -0.495 e. The van der Waals surface area contributed by atoms with Crippen LogP contribution in [0.2, 0.25) is 0 Å². The van der Waals surface area contributed by atoms with Crippen molar-refractivity contribution in [3.05, 3.63) is 41.8 Å². The van der Waals surface area contributed by atoms with Gasteiger partial charge in [-0.1, -0.05) is 17.0 Å². The zero-order chi connectivity index (χ0) is 14.4. The molecule has 0 aliphatic heterocycles. The summed E-state index contributed by atoms with van der Waals surface area (Å²) in [6, 6.07) is 6.68. The van der Waals surface area contributed by atoms with Crippen molar-refractivity contribution in [2.24, 2.45) is 5.73 Å². The standard InChI is InChI=1S/C14H13N3O3/c1-19-12-5-4-10(3-2-7-15)9-11(12)17-14(18)13-6-8-16-20-13/h4-6,8-9H,7,15H2,1H3,(H,17,18). The fourth-order valence-corrected chi connectivity index (χ4v) is 1.55. The van der Waals surface area contributed by atoms with Gasteiger partial charge in [-0.3, -0.25) is 4.79 Å². The number of nitrogens with two attached hydrogens (primary N) is 1. The summed E-state index contributed by atoms with van der Waals surface area (Å²) in [6.07, 6.45) is 1.40. The molecule has 0 unspecified atom stereocenters. The second-order valence-corrected chi connectivity index (χ2v) is 3.75. The van der Waals surface area contributed by atoms with E-state index in [9.17, 15) is 4.79 Å². The number of carbonyl (C=O) groups is 1. The van der Waals surface area contributed by atoms with Gasteiger partial charge in [-0.15, -0.1) is 0 Å². The molecule has 0 bridgehead atoms. The predicted molar refractivity (Wildman–Crippen MR) is 73.4 cm³/mol. The third-order valence-corrected chi connectivity index (χ3v) is 2.44. The molecule has 1 heterocycles. The van der Waals surface area contributed by atoms with E-state index < -0.39 is 5.91 Å². The van der Waals surface area contributed by atoms with Crippen LogP contribution >= 0.6 is 0 Å². The molecule has 3 N–H and O–H groups in total. The first-order valence-corrected chi connectivity index (χ1v) is 5.83. The summed E-state index contributed by atoms with van der Waals surface area (Å²) in [4.78, 5) is 11.9. The van der Waals surface area contributed by atoms with Crippen LogP contribution in [-0.4, -0.2) is 24.7 Å². The Morgan fingerprint density at radius 3 is 3.00 bits per heavy atom. The van der Waals surface area contributed by atoms with Gasteiger partial charge < -0.3 is 20.3 Å². The Labute approximate surface area is 115 Å². The zero-order valence-corrected chi connectivity index (χ0v) is 10.8. The first kappa shape index (κ1) is 13.6. The number of nitrogens with one attached hydrogen (secondary N) is 1. The second kappa shape index (κ2) is 6.41. The maximum atomic E-state index is 11.9. The van der Waals surface area contributed by atoms with Crippen LogP contribution in [0.5, 0.6) is 5.75 Å². The minimum absolute atomic E-state index is 0.116. The highest BCUT2D eigenvalue weighted by molar-refractivity contribution is 6.03. The lowest BCUT2D eigenvalue weighted by atomic mass is 10.2. The summed E-state index contributed by atoms with van der Waals surface area (Å²) >= 11 is 0. The van der Waals surface area contributed by atoms with Gasteiger partial charge >= 0.3 is 0 Å². The van der Waals surface area contributed by atoms with Crippen molar-refractivity contribution in [1.29, 1.82) is 0 Å². The number of hydrogen-bond acceptors (Lipinski definition) is 5. The van der Waals surface area contributed by atoms with E-state index in [0.717, 1.165) is 5.56 Å². The normalized spacial score (nSPS) is 9.50. The number of anilines is 1. The first-order chi connectivity index (χ1) is 9.74. The van der Waals surface area contributed by atoms with E-state index in [0.29, 0.717) is 11.4 Å². The van der Waals surface area contributed by atoms with Crippen molar-refractivity contribution >= 4 is 11.6 Å². The highest BCUT2D eigenvalue weighted by atomic mass is 16.5. The molecule has 0 saturated carbocycles. The molecule has 102 valence electrons. The molecule has 1 aromatic heterocycles. The Bertz CT molecular complexity index is 654. The summed E-state index contributed by atoms with van der Waals surface area (Å²) in [5, 5.41) is 6.17. The fourth-order valence-electron chi connectivity index (χ4n) is 1.55. The molecule has 6 heteroatoms. The van der Waals surface area contributed by atoms with Gasteiger partial charge in [0, 0.05) is 11.6 Å². The van der Waals surface area contributed by atoms with E-state index in [4.69, 9.17) is 15.0 Å². The van der Waals surface area contributed by atoms with Crippen molar-refractivity contribution in [3.8, 4) is 17.6 Å². The van der Waals surface area contributed by atoms with Crippen LogP contribution < -0.4 is 15.8 Å². The Balaban J connectivity index is 2.26. The van der Waals surface area contributed by atoms with E-state index in [1.165, 1.54) is 19.4 Å². The highest BCUT2D eigenvalue weighted by Gasteiger charge is 2.13. The summed E-state index contributed by atoms with van der Waals surface area (Å²) in [7, 11) is 1.52. The Morgan fingerprint density at radius 2 is 2.35 bits per heavy atom. The molecule has 20 heavy (non-hydrogen) atoms. The minimum atomic E-state index is -0.412. The SMILES string of the molecule is COc1ccc(C#CCN)cc1NC(=O)c1ccno1. The summed E-state index contributed by atoms with van der Waals surface area (Å²) in [5.74, 6) is 5.86. The molecular weight excluding hydrogens is 258 g/mol. The average molecular weight is 271 g/mol. The van der Waals surface area contributed by atoms with Gasteiger partial charge in [0.15, 0.2) is 0 Å². The number of rotatable bonds is 3. The second-order valence-electron chi connectivity index (χ2n) is 3.75. The molecule has 2 aromatic rings. The lowest BCUT2D eigenvalue weighted by Crippen LogP contribution is -2.12. The Morgan fingerprint density at radius 1 is 1.50 bits per heavy atom. The third kappa shape index (κ3) is 3.16. The van der Waals surface area contributed by atoms with E-state index in [1.807, 2.05) is 0 Å². The summed E-state index contributed by atoms with van der Waals surface area (Å²) in [6.45, 7) is 0.270. The number of aromatic nitrogens is 1. The van der Waals surface area contributed by atoms with Gasteiger partial charge in [-0.05, 0) is 18.2 Å². The molecule has 0 aliphatic carbocycles. The number of carbonyl (C=O) groups excluding carboxylic acids is 1. The lowest BCUT2D eigenvalue weighted by molar-refractivity contribution is 0.0987. The molecule has 1 amide bonds. The molecule has 2 rings (SSSR count). The summed E-state index contributed by atoms with van der Waals surface area (Å²) in [5.41, 5.74) is 6.55. The largest absolute Gasteiger partial charge is 0.495 e. The van der Waals surface area contributed by atoms with Crippen molar-refractivity contribution in [3.63, 3.8) is 0 Å². The summed E-state index contributed by atoms with van der Waals surface area (Å²) < 4.78 is 9.98. The maximum Gasteiger partial charge on any atom is 0.294 e. The molecule has 0 atom stereocenters. The van der Waals surface area contributed by atoms with E-state index in [1.54, 1.807) is 18.2 Å². The number of ether oxygens (including phenoxy) is 1. The topological polar surface area (TPSA) is 90.4 Å². The number of benzene rings is 1. The van der Waals surface area contributed by atoms with Gasteiger partial charge in [0.1, 0.15) is 5.75 Å². The van der Waals surface area contributed by atoms with Crippen molar-refractivity contribution < 1.29 is 14.1 Å². The van der Waals surface area contributed by atoms with Crippen LogP contribution in [0.4, 0.5) is 5.69 Å². The smallest absolute Gasteiger partial charge is 0.294 e. The number of methoxy groups -OCH3 is 1. The van der Waals surface area contributed by atoms with Crippen LogP contribution in [0.3, 0.4) is 0 Å². The van der Waals surface area contributed by atoms with E-state index >= 15 is 0 Å². The van der Waals surface area contributed by atoms with Gasteiger partial charge in [-0.25, -0.2) is 0 Å². The third-order valence-electron chi connectivity index (χ3n) is 2.44. The molecule has 0 aliphatic rings. The molecule has 0 radical (unpaired) electrons. The van der Waals surface area contributed by atoms with Gasteiger partial charge in [-0.2, -0.15) is 0 Å². The predicted octanol–water partition coefficient (Wildman–Crippen LogP) is 1.25. The molecule has 1 aromatic carbocycles. The fraction of sp³-hybridized carbons (Fsp3) is 0.143. The van der Waals surface area contributed by atoms with E-state index in [2.05, 4.69) is 22.3 Å². The van der Waals surface area contributed by atoms with Gasteiger partial charge in [0.2, 0.25) is 5.76 Å². The van der Waals surface area contributed by atoms with Crippen LogP contribution in [-0.2, 0) is 0 Å². The number of hydrogen-bond donors (Lipinski definition) is 2. The molecule has 0 spiro atoms. The number of nitrogens with zero attached hydrogens (tertiary/aromatic N) is 1. The molecular formula is C14H13N3O3. The lowest BCUT2D eigenvalue weighted by Gasteiger charge is -2.09. The average Bonchev–Trinajstić information content (AvgIpc) is 2.99. The van der Waals surface area contributed by atoms with Crippen LogP contribution in [0.1, 0.15) is 16.1 Å². The van der Waals surface area contributed by atoms with Crippen LogP contribution in [0.15, 0.2) is 35.0 Å². The monoisotopic (exact) mass is 271 g/mol. The molecule has 0 fully saturated rings. The first-order valence-electron chi connectivity index (χ1n) is 5.83. The molecule has 0 saturated heterocycles. The van der Waals surface area contributed by atoms with Crippen molar-refractivity contribution in [2.75, 3.05) is 19.0 Å². The van der Waals surface area contributed by atoms with Crippen LogP contribution in [0, 0.1) is 11.8 Å². The molecule has 6 nitrogen and oxygen atoms in total. The Hall–Kier alpha value is -2.78. The van der Waals surface area contributed by atoms with Crippen LogP contribution in [0.25, 0.3) is 0 Å². The van der Waals surface area contributed by atoms with Crippen molar-refractivity contribution in [2.45, 2.75) is 0 Å². The Kier molecular flexibility index (Phi) is 4.37. The van der Waals surface area contributed by atoms with Crippen molar-refractivity contribution in [1.82, 2.24) is 5.16 Å².